The summed E-state index contributed by atoms with van der Waals surface area (Å²) in [6.07, 6.45) is 2.08. The summed E-state index contributed by atoms with van der Waals surface area (Å²) in [7, 11) is -3.19. The molecule has 1 unspecified atom stereocenters. The van der Waals surface area contributed by atoms with Gasteiger partial charge in [-0.25, -0.2) is 8.42 Å². The quantitative estimate of drug-likeness (QED) is 0.776. The van der Waals surface area contributed by atoms with Crippen molar-refractivity contribution in [2.75, 3.05) is 18.6 Å². The van der Waals surface area contributed by atoms with Gasteiger partial charge in [0, 0.05) is 12.8 Å². The Morgan fingerprint density at radius 1 is 1.24 bits per heavy atom. The van der Waals surface area contributed by atoms with Gasteiger partial charge in [0.1, 0.15) is 21.4 Å². The first-order valence-electron chi connectivity index (χ1n) is 7.39. The maximum absolute atomic E-state index is 12.7. The second kappa shape index (κ2) is 6.34. The van der Waals surface area contributed by atoms with E-state index < -0.39 is 21.4 Å². The number of carbonyl (C=O) groups excluding carboxylic acids is 2. The van der Waals surface area contributed by atoms with Gasteiger partial charge < -0.3 is 10.2 Å². The number of hydrogen-bond acceptors (Lipinski definition) is 4. The molecule has 1 N–H and O–H groups in total. The van der Waals surface area contributed by atoms with Crippen molar-refractivity contribution in [1.29, 1.82) is 0 Å². The molecule has 0 aromatic heterocycles. The SMILES string of the molecule is CCC1(CC)C(=O)NC(C(C)C)C(=O)N1CCS(C)(=O)=O. The van der Waals surface area contributed by atoms with Crippen LogP contribution in [-0.4, -0.2) is 55.3 Å². The van der Waals surface area contributed by atoms with Gasteiger partial charge in [0.2, 0.25) is 11.8 Å². The second-order valence-electron chi connectivity index (χ2n) is 6.05. The van der Waals surface area contributed by atoms with Crippen molar-refractivity contribution in [3.8, 4) is 0 Å². The van der Waals surface area contributed by atoms with Gasteiger partial charge in [0.05, 0.1) is 5.75 Å². The third-order valence-corrected chi connectivity index (χ3v) is 5.20. The van der Waals surface area contributed by atoms with Crippen LogP contribution < -0.4 is 5.32 Å². The molecule has 1 heterocycles. The van der Waals surface area contributed by atoms with Crippen LogP contribution in [0.5, 0.6) is 0 Å². The molecule has 2 amide bonds. The van der Waals surface area contributed by atoms with Crippen molar-refractivity contribution >= 4 is 21.7 Å². The Bertz CT molecular complexity index is 509. The first kappa shape index (κ1) is 17.9. The van der Waals surface area contributed by atoms with Gasteiger partial charge in [-0.15, -0.1) is 0 Å². The van der Waals surface area contributed by atoms with Crippen LogP contribution in [-0.2, 0) is 19.4 Å². The third-order valence-electron chi connectivity index (χ3n) is 4.28. The topological polar surface area (TPSA) is 83.6 Å². The zero-order valence-corrected chi connectivity index (χ0v) is 14.3. The van der Waals surface area contributed by atoms with Crippen molar-refractivity contribution in [1.82, 2.24) is 10.2 Å². The molecule has 1 fully saturated rings. The molecule has 0 spiro atoms. The molecule has 1 aliphatic rings. The average Bonchev–Trinajstić information content (AvgIpc) is 2.38. The highest BCUT2D eigenvalue weighted by atomic mass is 32.2. The lowest BCUT2D eigenvalue weighted by Gasteiger charge is -2.48. The van der Waals surface area contributed by atoms with E-state index in [0.29, 0.717) is 12.8 Å². The van der Waals surface area contributed by atoms with Gasteiger partial charge >= 0.3 is 0 Å². The maximum Gasteiger partial charge on any atom is 0.246 e. The summed E-state index contributed by atoms with van der Waals surface area (Å²) in [5, 5.41) is 2.81. The van der Waals surface area contributed by atoms with Gasteiger partial charge in [-0.05, 0) is 18.8 Å². The van der Waals surface area contributed by atoms with Crippen LogP contribution in [0.15, 0.2) is 0 Å². The molecule has 0 bridgehead atoms. The third kappa shape index (κ3) is 3.56. The van der Waals surface area contributed by atoms with Crippen molar-refractivity contribution in [2.24, 2.45) is 5.92 Å². The number of nitrogens with one attached hydrogen (secondary N) is 1. The predicted molar refractivity (Wildman–Crippen MR) is 81.5 cm³/mol. The molecule has 1 aliphatic heterocycles. The van der Waals surface area contributed by atoms with Gasteiger partial charge in [0.15, 0.2) is 0 Å². The minimum atomic E-state index is -3.19. The zero-order valence-electron chi connectivity index (χ0n) is 13.5. The summed E-state index contributed by atoms with van der Waals surface area (Å²) in [5.74, 6) is -0.524. The molecule has 21 heavy (non-hydrogen) atoms. The van der Waals surface area contributed by atoms with E-state index >= 15 is 0 Å². The minimum Gasteiger partial charge on any atom is -0.342 e. The second-order valence-corrected chi connectivity index (χ2v) is 8.31. The normalized spacial score (nSPS) is 22.6. The van der Waals surface area contributed by atoms with E-state index in [0.717, 1.165) is 6.26 Å². The summed E-state index contributed by atoms with van der Waals surface area (Å²) < 4.78 is 22.9. The van der Waals surface area contributed by atoms with Gasteiger partial charge in [-0.3, -0.25) is 9.59 Å². The first-order chi connectivity index (χ1) is 9.59. The van der Waals surface area contributed by atoms with E-state index in [9.17, 15) is 18.0 Å². The number of nitrogens with zero attached hydrogens (tertiary/aromatic N) is 1. The molecule has 0 aromatic rings. The minimum absolute atomic E-state index is 0.0334. The molecule has 7 heteroatoms. The Hall–Kier alpha value is -1.11. The fourth-order valence-corrected chi connectivity index (χ4v) is 3.34. The summed E-state index contributed by atoms with van der Waals surface area (Å²) in [6.45, 7) is 7.49. The van der Waals surface area contributed by atoms with Crippen molar-refractivity contribution in [3.05, 3.63) is 0 Å². The summed E-state index contributed by atoms with van der Waals surface area (Å²) in [5.41, 5.74) is -0.937. The monoisotopic (exact) mass is 318 g/mol. The van der Waals surface area contributed by atoms with Gasteiger partial charge in [0.25, 0.3) is 0 Å². The fourth-order valence-electron chi connectivity index (χ4n) is 2.82. The van der Waals surface area contributed by atoms with E-state index in [1.54, 1.807) is 0 Å². The van der Waals surface area contributed by atoms with E-state index in [1.165, 1.54) is 4.90 Å². The highest BCUT2D eigenvalue weighted by Crippen LogP contribution is 2.30. The Morgan fingerprint density at radius 2 is 1.76 bits per heavy atom. The summed E-state index contributed by atoms with van der Waals surface area (Å²) in [6, 6.07) is -0.580. The van der Waals surface area contributed by atoms with Crippen LogP contribution in [0.2, 0.25) is 0 Å². The Balaban J connectivity index is 3.18. The van der Waals surface area contributed by atoms with Crippen molar-refractivity contribution < 1.29 is 18.0 Å². The molecule has 6 nitrogen and oxygen atoms in total. The summed E-state index contributed by atoms with van der Waals surface area (Å²) in [4.78, 5) is 26.7. The average molecular weight is 318 g/mol. The molecule has 0 saturated carbocycles. The maximum atomic E-state index is 12.7. The fraction of sp³-hybridized carbons (Fsp3) is 0.857. The van der Waals surface area contributed by atoms with Crippen LogP contribution >= 0.6 is 0 Å². The van der Waals surface area contributed by atoms with Gasteiger partial charge in [-0.2, -0.15) is 0 Å². The van der Waals surface area contributed by atoms with E-state index in [4.69, 9.17) is 0 Å². The molecule has 1 rings (SSSR count). The predicted octanol–water partition coefficient (Wildman–Crippen LogP) is 0.573. The molecule has 0 aliphatic carbocycles. The zero-order chi connectivity index (χ0) is 16.4. The highest BCUT2D eigenvalue weighted by molar-refractivity contribution is 7.90. The van der Waals surface area contributed by atoms with Crippen LogP contribution in [0.3, 0.4) is 0 Å². The Labute approximate surface area is 127 Å². The lowest BCUT2D eigenvalue weighted by Crippen LogP contribution is -2.71. The van der Waals surface area contributed by atoms with E-state index in [2.05, 4.69) is 5.32 Å². The standard InChI is InChI=1S/C14H26N2O4S/c1-6-14(7-2)13(18)15-11(10(3)4)12(17)16(14)8-9-21(5,19)20/h10-11H,6-9H2,1-5H3,(H,15,18). The van der Waals surface area contributed by atoms with Crippen LogP contribution in [0.1, 0.15) is 40.5 Å². The lowest BCUT2D eigenvalue weighted by molar-refractivity contribution is -0.159. The molecular formula is C14H26N2O4S. The molecule has 0 aromatic carbocycles. The number of carbonyl (C=O) groups is 2. The number of piperazine rings is 1. The molecule has 0 radical (unpaired) electrons. The lowest BCUT2D eigenvalue weighted by atomic mass is 9.84. The largest absolute Gasteiger partial charge is 0.342 e. The molecule has 1 atom stereocenters. The van der Waals surface area contributed by atoms with Crippen LogP contribution in [0.4, 0.5) is 0 Å². The van der Waals surface area contributed by atoms with Crippen molar-refractivity contribution in [3.63, 3.8) is 0 Å². The van der Waals surface area contributed by atoms with Gasteiger partial charge in [-0.1, -0.05) is 27.7 Å². The Kier molecular flexibility index (Phi) is 5.41. The molecule has 122 valence electrons. The highest BCUT2D eigenvalue weighted by Gasteiger charge is 2.50. The molecular weight excluding hydrogens is 292 g/mol. The number of rotatable bonds is 6. The summed E-state index contributed by atoms with van der Waals surface area (Å²) >= 11 is 0. The van der Waals surface area contributed by atoms with E-state index in [-0.39, 0.29) is 30.0 Å². The number of amides is 2. The van der Waals surface area contributed by atoms with Crippen molar-refractivity contribution in [2.45, 2.75) is 52.1 Å². The Morgan fingerprint density at radius 3 is 2.14 bits per heavy atom. The van der Waals surface area contributed by atoms with Crippen LogP contribution in [0, 0.1) is 5.92 Å². The number of hydrogen-bond donors (Lipinski definition) is 1. The first-order valence-corrected chi connectivity index (χ1v) is 9.45. The number of sulfone groups is 1. The van der Waals surface area contributed by atoms with Crippen LogP contribution in [0.25, 0.3) is 0 Å². The molecule has 1 saturated heterocycles. The smallest absolute Gasteiger partial charge is 0.246 e. The van der Waals surface area contributed by atoms with E-state index in [1.807, 2.05) is 27.7 Å².